The third-order valence-electron chi connectivity index (χ3n) is 5.98. The average molecular weight is 446 g/mol. The van der Waals surface area contributed by atoms with E-state index >= 15 is 0 Å². The smallest absolute Gasteiger partial charge is 0.254 e. The number of benzene rings is 3. The third-order valence-corrected chi connectivity index (χ3v) is 5.98. The summed E-state index contributed by atoms with van der Waals surface area (Å²) in [4.78, 5) is 28.8. The van der Waals surface area contributed by atoms with E-state index in [1.165, 1.54) is 5.56 Å². The lowest BCUT2D eigenvalue weighted by molar-refractivity contribution is -0.131. The summed E-state index contributed by atoms with van der Waals surface area (Å²) in [6.45, 7) is 2.06. The predicted molar refractivity (Wildman–Crippen MR) is 127 cm³/mol. The number of carbonyl (C=O) groups is 2. The van der Waals surface area contributed by atoms with Crippen LogP contribution in [-0.4, -0.2) is 54.3 Å². The number of hydrogen-bond donors (Lipinski definition) is 1. The molecule has 3 aromatic carbocycles. The number of amides is 2. The van der Waals surface area contributed by atoms with E-state index in [1.54, 1.807) is 34.1 Å². The molecule has 0 aliphatic carbocycles. The van der Waals surface area contributed by atoms with Crippen molar-refractivity contribution >= 4 is 11.8 Å². The predicted octanol–water partition coefficient (Wildman–Crippen LogP) is 3.90. The van der Waals surface area contributed by atoms with Crippen molar-refractivity contribution in [2.75, 3.05) is 32.7 Å². The summed E-state index contributed by atoms with van der Waals surface area (Å²) in [5.41, 5.74) is 4.26. The molecule has 1 aliphatic rings. The molecule has 0 atom stereocenters. The Morgan fingerprint density at radius 2 is 1.36 bits per heavy atom. The summed E-state index contributed by atoms with van der Waals surface area (Å²) in [7, 11) is 0. The third kappa shape index (κ3) is 5.65. The van der Waals surface area contributed by atoms with Gasteiger partial charge in [0.25, 0.3) is 5.91 Å². The molecule has 2 amide bonds. The highest BCUT2D eigenvalue weighted by atomic mass is 19.1. The van der Waals surface area contributed by atoms with E-state index in [-0.39, 0.29) is 18.4 Å². The van der Waals surface area contributed by atoms with Gasteiger partial charge in [-0.15, -0.1) is 0 Å². The second-order valence-corrected chi connectivity index (χ2v) is 8.13. The van der Waals surface area contributed by atoms with Gasteiger partial charge >= 0.3 is 0 Å². The van der Waals surface area contributed by atoms with Gasteiger partial charge in [-0.1, -0.05) is 72.8 Å². The van der Waals surface area contributed by atoms with E-state index in [9.17, 15) is 14.0 Å². The molecule has 0 radical (unpaired) electrons. The monoisotopic (exact) mass is 445 g/mol. The van der Waals surface area contributed by atoms with Crippen molar-refractivity contribution in [1.82, 2.24) is 15.1 Å². The summed E-state index contributed by atoms with van der Waals surface area (Å²) in [6, 6.07) is 25.3. The highest BCUT2D eigenvalue weighted by Crippen LogP contribution is 2.19. The van der Waals surface area contributed by atoms with Crippen LogP contribution in [0, 0.1) is 0 Å². The van der Waals surface area contributed by atoms with Crippen molar-refractivity contribution in [2.45, 2.75) is 13.2 Å². The molecule has 33 heavy (non-hydrogen) atoms. The summed E-state index contributed by atoms with van der Waals surface area (Å²) in [6.07, 6.45) is 0. The minimum Gasteiger partial charge on any atom is -0.338 e. The molecular formula is C27H28FN3O2. The molecule has 0 saturated carbocycles. The van der Waals surface area contributed by atoms with Gasteiger partial charge < -0.3 is 15.1 Å². The Labute approximate surface area is 193 Å². The molecule has 0 spiro atoms. The quantitative estimate of drug-likeness (QED) is 0.600. The average Bonchev–Trinajstić information content (AvgIpc) is 2.89. The molecule has 5 nitrogen and oxygen atoms in total. The normalized spacial score (nSPS) is 13.7. The fraction of sp³-hybridized carbons (Fsp3) is 0.259. The van der Waals surface area contributed by atoms with Crippen molar-refractivity contribution in [3.05, 3.63) is 95.6 Å². The number of carbonyl (C=O) groups excluding carboxylic acids is 2. The SMILES string of the molecule is O=C(CNCc1ccc(-c2ccccc2)cc1)N1CCN(C(=O)c2ccccc2CF)CC1. The van der Waals surface area contributed by atoms with Crippen molar-refractivity contribution in [3.63, 3.8) is 0 Å². The first-order valence-corrected chi connectivity index (χ1v) is 11.2. The molecule has 6 heteroatoms. The van der Waals surface area contributed by atoms with Crippen LogP contribution >= 0.6 is 0 Å². The lowest BCUT2D eigenvalue weighted by Crippen LogP contribution is -2.52. The molecule has 170 valence electrons. The Morgan fingerprint density at radius 1 is 0.758 bits per heavy atom. The van der Waals surface area contributed by atoms with Gasteiger partial charge in [-0.25, -0.2) is 4.39 Å². The highest BCUT2D eigenvalue weighted by molar-refractivity contribution is 5.95. The summed E-state index contributed by atoms with van der Waals surface area (Å²) < 4.78 is 13.2. The van der Waals surface area contributed by atoms with Gasteiger partial charge in [0.15, 0.2) is 0 Å². The Balaban J connectivity index is 1.22. The molecule has 1 aliphatic heterocycles. The van der Waals surface area contributed by atoms with Gasteiger partial charge in [-0.3, -0.25) is 9.59 Å². The zero-order valence-electron chi connectivity index (χ0n) is 18.5. The van der Waals surface area contributed by atoms with Crippen LogP contribution in [0.25, 0.3) is 11.1 Å². The van der Waals surface area contributed by atoms with Crippen molar-refractivity contribution in [3.8, 4) is 11.1 Å². The number of nitrogens with one attached hydrogen (secondary N) is 1. The van der Waals surface area contributed by atoms with Crippen LogP contribution in [0.1, 0.15) is 21.5 Å². The molecule has 3 aromatic rings. The topological polar surface area (TPSA) is 52.7 Å². The number of nitrogens with zero attached hydrogens (tertiary/aromatic N) is 2. The lowest BCUT2D eigenvalue weighted by atomic mass is 10.0. The van der Waals surface area contributed by atoms with Crippen LogP contribution in [0.3, 0.4) is 0 Å². The molecule has 1 saturated heterocycles. The van der Waals surface area contributed by atoms with Gasteiger partial charge in [0.05, 0.1) is 6.54 Å². The second kappa shape index (κ2) is 10.9. The number of piperazine rings is 1. The molecular weight excluding hydrogens is 417 g/mol. The second-order valence-electron chi connectivity index (χ2n) is 8.13. The van der Waals surface area contributed by atoms with Gasteiger partial charge in [0, 0.05) is 38.3 Å². The Hall–Kier alpha value is -3.51. The van der Waals surface area contributed by atoms with Crippen LogP contribution < -0.4 is 5.32 Å². The highest BCUT2D eigenvalue weighted by Gasteiger charge is 2.25. The van der Waals surface area contributed by atoms with Crippen molar-refractivity contribution < 1.29 is 14.0 Å². The Kier molecular flexibility index (Phi) is 7.47. The number of rotatable bonds is 7. The first-order chi connectivity index (χ1) is 16.2. The van der Waals surface area contributed by atoms with E-state index in [0.717, 1.165) is 11.1 Å². The zero-order valence-corrected chi connectivity index (χ0v) is 18.5. The lowest BCUT2D eigenvalue weighted by Gasteiger charge is -2.35. The van der Waals surface area contributed by atoms with Crippen LogP contribution in [0.4, 0.5) is 4.39 Å². The van der Waals surface area contributed by atoms with Crippen LogP contribution in [-0.2, 0) is 18.0 Å². The maximum absolute atomic E-state index is 13.2. The number of hydrogen-bond acceptors (Lipinski definition) is 3. The van der Waals surface area contributed by atoms with E-state index in [0.29, 0.717) is 43.9 Å². The maximum atomic E-state index is 13.2. The zero-order chi connectivity index (χ0) is 23.0. The molecule has 4 rings (SSSR count). The molecule has 0 aromatic heterocycles. The molecule has 1 fully saturated rings. The fourth-order valence-corrected chi connectivity index (χ4v) is 4.05. The van der Waals surface area contributed by atoms with Crippen molar-refractivity contribution in [1.29, 1.82) is 0 Å². The van der Waals surface area contributed by atoms with Crippen LogP contribution in [0.5, 0.6) is 0 Å². The summed E-state index contributed by atoms with van der Waals surface area (Å²) in [5.74, 6) is -0.153. The van der Waals surface area contributed by atoms with Gasteiger partial charge in [-0.2, -0.15) is 0 Å². The van der Waals surface area contributed by atoms with E-state index in [2.05, 4.69) is 41.7 Å². The fourth-order valence-electron chi connectivity index (χ4n) is 4.05. The van der Waals surface area contributed by atoms with E-state index in [4.69, 9.17) is 0 Å². The van der Waals surface area contributed by atoms with Crippen molar-refractivity contribution in [2.24, 2.45) is 0 Å². The standard InChI is InChI=1S/C27H28FN3O2/c28-18-24-8-4-5-9-25(24)27(33)31-16-14-30(15-17-31)26(32)20-29-19-21-10-12-23(13-11-21)22-6-2-1-3-7-22/h1-13,29H,14-20H2. The largest absolute Gasteiger partial charge is 0.338 e. The van der Waals surface area contributed by atoms with Crippen LogP contribution in [0.2, 0.25) is 0 Å². The molecule has 1 N–H and O–H groups in total. The minimum atomic E-state index is -0.666. The maximum Gasteiger partial charge on any atom is 0.254 e. The summed E-state index contributed by atoms with van der Waals surface area (Å²) >= 11 is 0. The first kappa shape index (κ1) is 22.7. The number of alkyl halides is 1. The van der Waals surface area contributed by atoms with E-state index in [1.807, 2.05) is 18.2 Å². The van der Waals surface area contributed by atoms with E-state index < -0.39 is 6.67 Å². The Morgan fingerprint density at radius 3 is 2.06 bits per heavy atom. The van der Waals surface area contributed by atoms with Gasteiger partial charge in [0.2, 0.25) is 5.91 Å². The molecule has 1 heterocycles. The van der Waals surface area contributed by atoms with Crippen LogP contribution in [0.15, 0.2) is 78.9 Å². The number of halogens is 1. The molecule has 0 unspecified atom stereocenters. The Bertz CT molecular complexity index is 1080. The summed E-state index contributed by atoms with van der Waals surface area (Å²) in [5, 5.41) is 3.22. The minimum absolute atomic E-state index is 0.0205. The first-order valence-electron chi connectivity index (χ1n) is 11.2. The molecule has 0 bridgehead atoms. The van der Waals surface area contributed by atoms with Gasteiger partial charge in [0.1, 0.15) is 6.67 Å². The van der Waals surface area contributed by atoms with Gasteiger partial charge in [-0.05, 0) is 28.3 Å².